The lowest BCUT2D eigenvalue weighted by Crippen LogP contribution is -1.97. The number of nitrogens with one attached hydrogen (secondary N) is 1. The molecule has 0 amide bonds. The van der Waals surface area contributed by atoms with Crippen LogP contribution in [0, 0.1) is 12.7 Å². The Morgan fingerprint density at radius 2 is 2.15 bits per heavy atom. The lowest BCUT2D eigenvalue weighted by atomic mass is 10.1. The molecule has 1 aromatic carbocycles. The van der Waals surface area contributed by atoms with Gasteiger partial charge in [-0.05, 0) is 36.8 Å². The Hall–Kier alpha value is -2.76. The smallest absolute Gasteiger partial charge is 0.338 e. The number of carboxylic acid groups (broad SMARTS) is 1. The van der Waals surface area contributed by atoms with Crippen molar-refractivity contribution in [1.29, 1.82) is 0 Å². The van der Waals surface area contributed by atoms with E-state index in [1.807, 2.05) is 0 Å². The number of imidazole rings is 1. The third kappa shape index (κ3) is 1.91. The van der Waals surface area contributed by atoms with Crippen molar-refractivity contribution in [3.05, 3.63) is 47.4 Å². The van der Waals surface area contributed by atoms with Gasteiger partial charge in [0.05, 0.1) is 11.1 Å². The summed E-state index contributed by atoms with van der Waals surface area (Å²) in [5, 5.41) is 9.12. The monoisotopic (exact) mass is 271 g/mol. The number of aromatic amines is 1. The van der Waals surface area contributed by atoms with Gasteiger partial charge in [-0.2, -0.15) is 0 Å². The first kappa shape index (κ1) is 12.3. The van der Waals surface area contributed by atoms with Gasteiger partial charge in [0.25, 0.3) is 0 Å². The number of H-pyrrole nitrogens is 1. The minimum absolute atomic E-state index is 0.104. The summed E-state index contributed by atoms with van der Waals surface area (Å²) in [5.41, 5.74) is 1.96. The van der Waals surface area contributed by atoms with Crippen LogP contribution in [0.4, 0.5) is 4.39 Å². The molecule has 0 atom stereocenters. The van der Waals surface area contributed by atoms with E-state index < -0.39 is 5.97 Å². The largest absolute Gasteiger partial charge is 0.478 e. The molecule has 0 saturated heterocycles. The minimum atomic E-state index is -1.05. The van der Waals surface area contributed by atoms with Gasteiger partial charge in [-0.25, -0.2) is 19.2 Å². The van der Waals surface area contributed by atoms with Crippen LogP contribution in [0.3, 0.4) is 0 Å². The number of rotatable bonds is 2. The topological polar surface area (TPSA) is 78.9 Å². The molecular formula is C14H10FN3O2. The number of pyridine rings is 1. The number of hydrogen-bond donors (Lipinski definition) is 2. The molecule has 3 rings (SSSR count). The van der Waals surface area contributed by atoms with Crippen LogP contribution < -0.4 is 0 Å². The number of fused-ring (bicyclic) bond motifs is 1. The number of carboxylic acids is 1. The summed E-state index contributed by atoms with van der Waals surface area (Å²) in [4.78, 5) is 22.3. The summed E-state index contributed by atoms with van der Waals surface area (Å²) in [6.07, 6.45) is 1.40. The Bertz CT molecular complexity index is 826. The number of nitrogens with zero attached hydrogens (tertiary/aromatic N) is 2. The number of hydrogen-bond acceptors (Lipinski definition) is 3. The van der Waals surface area contributed by atoms with Gasteiger partial charge >= 0.3 is 5.97 Å². The SMILES string of the molecule is Cc1cc(-c2nc3nccc(C(=O)O)c3[nH]2)ccc1F. The second kappa shape index (κ2) is 4.41. The Morgan fingerprint density at radius 1 is 1.35 bits per heavy atom. The number of aryl methyl sites for hydroxylation is 1. The number of benzene rings is 1. The lowest BCUT2D eigenvalue weighted by Gasteiger charge is -1.99. The zero-order chi connectivity index (χ0) is 14.3. The fourth-order valence-corrected chi connectivity index (χ4v) is 2.02. The van der Waals surface area contributed by atoms with E-state index in [2.05, 4.69) is 15.0 Å². The molecule has 0 unspecified atom stereocenters. The maximum atomic E-state index is 13.3. The average molecular weight is 271 g/mol. The molecule has 6 heteroatoms. The minimum Gasteiger partial charge on any atom is -0.478 e. The van der Waals surface area contributed by atoms with Crippen LogP contribution in [0.25, 0.3) is 22.6 Å². The summed E-state index contributed by atoms with van der Waals surface area (Å²) in [6, 6.07) is 5.99. The number of aromatic carboxylic acids is 1. The molecule has 0 aliphatic carbocycles. The van der Waals surface area contributed by atoms with Gasteiger partial charge in [-0.1, -0.05) is 0 Å². The van der Waals surface area contributed by atoms with Crippen molar-refractivity contribution in [3.8, 4) is 11.4 Å². The summed E-state index contributed by atoms with van der Waals surface area (Å²) >= 11 is 0. The molecule has 0 aliphatic rings. The van der Waals surface area contributed by atoms with Crippen LogP contribution in [0.2, 0.25) is 0 Å². The highest BCUT2D eigenvalue weighted by Gasteiger charge is 2.14. The van der Waals surface area contributed by atoms with Gasteiger partial charge < -0.3 is 10.1 Å². The van der Waals surface area contributed by atoms with Crippen molar-refractivity contribution in [3.63, 3.8) is 0 Å². The second-order valence-electron chi connectivity index (χ2n) is 4.41. The average Bonchev–Trinajstić information content (AvgIpc) is 2.85. The predicted octanol–water partition coefficient (Wildman–Crippen LogP) is 2.77. The quantitative estimate of drug-likeness (QED) is 0.751. The van der Waals surface area contributed by atoms with Crippen LogP contribution in [-0.2, 0) is 0 Å². The highest BCUT2D eigenvalue weighted by atomic mass is 19.1. The molecule has 0 bridgehead atoms. The van der Waals surface area contributed by atoms with Gasteiger partial charge in [-0.15, -0.1) is 0 Å². The number of aromatic nitrogens is 3. The zero-order valence-electron chi connectivity index (χ0n) is 10.5. The molecule has 2 heterocycles. The van der Waals surface area contributed by atoms with Gasteiger partial charge in [0.2, 0.25) is 0 Å². The van der Waals surface area contributed by atoms with Crippen LogP contribution in [-0.4, -0.2) is 26.0 Å². The molecule has 100 valence electrons. The fraction of sp³-hybridized carbons (Fsp3) is 0.0714. The lowest BCUT2D eigenvalue weighted by molar-refractivity contribution is 0.0698. The molecule has 0 saturated carbocycles. The van der Waals surface area contributed by atoms with E-state index in [0.717, 1.165) is 0 Å². The second-order valence-corrected chi connectivity index (χ2v) is 4.41. The van der Waals surface area contributed by atoms with Gasteiger partial charge in [0, 0.05) is 11.8 Å². The Labute approximate surface area is 113 Å². The molecule has 0 radical (unpaired) electrons. The van der Waals surface area contributed by atoms with Crippen molar-refractivity contribution in [2.24, 2.45) is 0 Å². The first-order valence-corrected chi connectivity index (χ1v) is 5.91. The highest BCUT2D eigenvalue weighted by Crippen LogP contribution is 2.23. The Morgan fingerprint density at radius 3 is 2.85 bits per heavy atom. The molecular weight excluding hydrogens is 261 g/mol. The molecule has 5 nitrogen and oxygen atoms in total. The van der Waals surface area contributed by atoms with E-state index in [4.69, 9.17) is 5.11 Å². The van der Waals surface area contributed by atoms with Crippen molar-refractivity contribution >= 4 is 17.1 Å². The van der Waals surface area contributed by atoms with Crippen LogP contribution in [0.1, 0.15) is 15.9 Å². The van der Waals surface area contributed by atoms with E-state index in [9.17, 15) is 9.18 Å². The summed E-state index contributed by atoms with van der Waals surface area (Å²) < 4.78 is 13.3. The Balaban J connectivity index is 2.20. The molecule has 0 aliphatic heterocycles. The molecule has 20 heavy (non-hydrogen) atoms. The number of carbonyl (C=O) groups is 1. The molecule has 2 aromatic heterocycles. The third-order valence-electron chi connectivity index (χ3n) is 3.05. The van der Waals surface area contributed by atoms with Crippen LogP contribution >= 0.6 is 0 Å². The van der Waals surface area contributed by atoms with Crippen LogP contribution in [0.15, 0.2) is 30.5 Å². The van der Waals surface area contributed by atoms with Crippen LogP contribution in [0.5, 0.6) is 0 Å². The van der Waals surface area contributed by atoms with Crippen molar-refractivity contribution < 1.29 is 14.3 Å². The number of halogens is 1. The normalized spacial score (nSPS) is 10.9. The van der Waals surface area contributed by atoms with Crippen molar-refractivity contribution in [1.82, 2.24) is 15.0 Å². The zero-order valence-corrected chi connectivity index (χ0v) is 10.5. The van der Waals surface area contributed by atoms with Gasteiger partial charge in [0.15, 0.2) is 5.65 Å². The van der Waals surface area contributed by atoms with Crippen molar-refractivity contribution in [2.45, 2.75) is 6.92 Å². The molecule has 3 aromatic rings. The third-order valence-corrected chi connectivity index (χ3v) is 3.05. The maximum Gasteiger partial charge on any atom is 0.338 e. The highest BCUT2D eigenvalue weighted by molar-refractivity contribution is 6.00. The predicted molar refractivity (Wildman–Crippen MR) is 71.0 cm³/mol. The van der Waals surface area contributed by atoms with E-state index in [0.29, 0.717) is 28.1 Å². The van der Waals surface area contributed by atoms with E-state index in [-0.39, 0.29) is 11.4 Å². The Kier molecular flexibility index (Phi) is 2.71. The van der Waals surface area contributed by atoms with E-state index in [1.54, 1.807) is 19.1 Å². The first-order valence-electron chi connectivity index (χ1n) is 5.91. The molecule has 0 spiro atoms. The molecule has 0 fully saturated rings. The van der Waals surface area contributed by atoms with Gasteiger partial charge in [-0.3, -0.25) is 0 Å². The summed E-state index contributed by atoms with van der Waals surface area (Å²) in [6.45, 7) is 1.66. The van der Waals surface area contributed by atoms with E-state index >= 15 is 0 Å². The van der Waals surface area contributed by atoms with E-state index in [1.165, 1.54) is 18.3 Å². The maximum absolute atomic E-state index is 13.3. The van der Waals surface area contributed by atoms with Crippen molar-refractivity contribution in [2.75, 3.05) is 0 Å². The molecule has 2 N–H and O–H groups in total. The standard InChI is InChI=1S/C14H10FN3O2/c1-7-6-8(2-3-10(7)15)12-17-11-9(14(19)20)4-5-16-13(11)18-12/h2-6H,1H3,(H,19,20)(H,16,17,18). The summed E-state index contributed by atoms with van der Waals surface area (Å²) in [5.74, 6) is -0.888. The first-order chi connectivity index (χ1) is 9.56. The summed E-state index contributed by atoms with van der Waals surface area (Å²) in [7, 11) is 0. The van der Waals surface area contributed by atoms with Gasteiger partial charge in [0.1, 0.15) is 11.6 Å². The fourth-order valence-electron chi connectivity index (χ4n) is 2.02.